The van der Waals surface area contributed by atoms with E-state index in [1.807, 2.05) is 19.9 Å². The minimum absolute atomic E-state index is 0.437. The molecule has 1 aliphatic heterocycles. The number of rotatable bonds is 4. The summed E-state index contributed by atoms with van der Waals surface area (Å²) in [5.41, 5.74) is 1.97. The average molecular weight is 263 g/mol. The maximum absolute atomic E-state index is 10.7. The molecular weight excluding hydrogens is 242 g/mol. The fraction of sp³-hybridized carbons (Fsp3) is 0.571. The Kier molecular flexibility index (Phi) is 4.37. The Hall–Kier alpha value is -1.62. The second kappa shape index (κ2) is 6.02. The number of pyridine rings is 1. The molecule has 1 aromatic rings. The van der Waals surface area contributed by atoms with Crippen molar-refractivity contribution in [3.63, 3.8) is 0 Å². The van der Waals surface area contributed by atoms with E-state index in [2.05, 4.69) is 9.88 Å². The molecular formula is C14H21N3O2. The van der Waals surface area contributed by atoms with Crippen LogP contribution in [-0.2, 0) is 4.79 Å². The van der Waals surface area contributed by atoms with Gasteiger partial charge in [0.2, 0.25) is 6.41 Å². The largest absolute Gasteiger partial charge is 0.388 e. The van der Waals surface area contributed by atoms with Crippen LogP contribution in [0.15, 0.2) is 12.3 Å². The van der Waals surface area contributed by atoms with Crippen LogP contribution in [0.3, 0.4) is 0 Å². The highest BCUT2D eigenvalue weighted by Crippen LogP contribution is 2.23. The van der Waals surface area contributed by atoms with Gasteiger partial charge in [0.1, 0.15) is 5.82 Å². The molecule has 1 N–H and O–H groups in total. The Bertz CT molecular complexity index is 442. The fourth-order valence-corrected chi connectivity index (χ4v) is 2.35. The zero-order valence-corrected chi connectivity index (χ0v) is 11.5. The van der Waals surface area contributed by atoms with Gasteiger partial charge < -0.3 is 14.9 Å². The van der Waals surface area contributed by atoms with E-state index in [0.717, 1.165) is 49.5 Å². The van der Waals surface area contributed by atoms with Gasteiger partial charge in [-0.1, -0.05) is 6.92 Å². The van der Waals surface area contributed by atoms with Crippen molar-refractivity contribution in [3.05, 3.63) is 23.4 Å². The molecule has 1 fully saturated rings. The average Bonchev–Trinajstić information content (AvgIpc) is 2.46. The highest BCUT2D eigenvalue weighted by Gasteiger charge is 2.18. The molecule has 1 amide bonds. The molecule has 0 saturated carbocycles. The van der Waals surface area contributed by atoms with Crippen molar-refractivity contribution in [2.24, 2.45) is 0 Å². The summed E-state index contributed by atoms with van der Waals surface area (Å²) in [4.78, 5) is 19.1. The third-order valence-corrected chi connectivity index (χ3v) is 3.67. The molecule has 0 aromatic carbocycles. The number of aryl methyl sites for hydroxylation is 1. The van der Waals surface area contributed by atoms with Crippen molar-refractivity contribution in [2.45, 2.75) is 26.4 Å². The first kappa shape index (κ1) is 13.8. The molecule has 1 aromatic heterocycles. The quantitative estimate of drug-likeness (QED) is 0.827. The lowest BCUT2D eigenvalue weighted by Crippen LogP contribution is -2.46. The van der Waals surface area contributed by atoms with Gasteiger partial charge in [0.05, 0.1) is 6.10 Å². The lowest BCUT2D eigenvalue weighted by Gasteiger charge is -2.33. The van der Waals surface area contributed by atoms with E-state index in [1.54, 1.807) is 11.1 Å². The molecule has 2 rings (SSSR count). The number of aromatic nitrogens is 1. The molecule has 1 unspecified atom stereocenters. The topological polar surface area (TPSA) is 56.7 Å². The number of hydrogen-bond donors (Lipinski definition) is 1. The molecule has 0 radical (unpaired) electrons. The minimum Gasteiger partial charge on any atom is -0.388 e. The van der Waals surface area contributed by atoms with Crippen LogP contribution in [0.1, 0.15) is 30.6 Å². The molecule has 1 saturated heterocycles. The van der Waals surface area contributed by atoms with Crippen LogP contribution in [-0.4, -0.2) is 47.6 Å². The number of amides is 1. The van der Waals surface area contributed by atoms with Crippen LogP contribution < -0.4 is 4.90 Å². The molecule has 1 aliphatic rings. The molecule has 5 heteroatoms. The highest BCUT2D eigenvalue weighted by molar-refractivity contribution is 5.49. The van der Waals surface area contributed by atoms with Gasteiger partial charge >= 0.3 is 0 Å². The fourth-order valence-electron chi connectivity index (χ4n) is 2.35. The molecule has 0 bridgehead atoms. The van der Waals surface area contributed by atoms with E-state index in [0.29, 0.717) is 6.42 Å². The SMILES string of the molecule is CCC(O)c1cnc(N2CCN(C=O)CC2)cc1C. The van der Waals surface area contributed by atoms with Crippen LogP contribution in [0.5, 0.6) is 0 Å². The number of carbonyl (C=O) groups is 1. The minimum atomic E-state index is -0.437. The number of piperazine rings is 1. The predicted octanol–water partition coefficient (Wildman–Crippen LogP) is 1.11. The van der Waals surface area contributed by atoms with Gasteiger partial charge in [0, 0.05) is 37.9 Å². The number of hydrogen-bond acceptors (Lipinski definition) is 4. The van der Waals surface area contributed by atoms with E-state index in [4.69, 9.17) is 0 Å². The number of anilines is 1. The summed E-state index contributed by atoms with van der Waals surface area (Å²) in [6.45, 7) is 7.05. The summed E-state index contributed by atoms with van der Waals surface area (Å²) in [5.74, 6) is 0.926. The number of carbonyl (C=O) groups excluding carboxylic acids is 1. The molecule has 0 spiro atoms. The monoisotopic (exact) mass is 263 g/mol. The zero-order chi connectivity index (χ0) is 13.8. The normalized spacial score (nSPS) is 17.4. The van der Waals surface area contributed by atoms with Crippen LogP contribution >= 0.6 is 0 Å². The number of aliphatic hydroxyl groups excluding tert-OH is 1. The summed E-state index contributed by atoms with van der Waals surface area (Å²) in [7, 11) is 0. The third kappa shape index (κ3) is 3.04. The van der Waals surface area contributed by atoms with Crippen LogP contribution in [0.2, 0.25) is 0 Å². The molecule has 5 nitrogen and oxygen atoms in total. The zero-order valence-electron chi connectivity index (χ0n) is 11.5. The first-order chi connectivity index (χ1) is 9.15. The van der Waals surface area contributed by atoms with Crippen molar-refractivity contribution in [3.8, 4) is 0 Å². The number of aliphatic hydroxyl groups is 1. The van der Waals surface area contributed by atoms with Crippen molar-refractivity contribution < 1.29 is 9.90 Å². The second-order valence-electron chi connectivity index (χ2n) is 4.95. The van der Waals surface area contributed by atoms with Crippen LogP contribution in [0.25, 0.3) is 0 Å². The Labute approximate surface area is 113 Å². The van der Waals surface area contributed by atoms with E-state index in [1.165, 1.54) is 0 Å². The van der Waals surface area contributed by atoms with E-state index < -0.39 is 6.10 Å². The van der Waals surface area contributed by atoms with Gasteiger partial charge in [-0.2, -0.15) is 0 Å². The van der Waals surface area contributed by atoms with Crippen molar-refractivity contribution in [2.75, 3.05) is 31.1 Å². The van der Waals surface area contributed by atoms with Gasteiger partial charge in [0.15, 0.2) is 0 Å². The standard InChI is InChI=1S/C14H21N3O2/c1-3-13(19)12-9-15-14(8-11(12)2)17-6-4-16(10-18)5-7-17/h8-10,13,19H,3-7H2,1-2H3. The summed E-state index contributed by atoms with van der Waals surface area (Å²) in [5, 5.41) is 9.88. The molecule has 104 valence electrons. The molecule has 0 aliphatic carbocycles. The molecule has 19 heavy (non-hydrogen) atoms. The van der Waals surface area contributed by atoms with Gasteiger partial charge in [-0.25, -0.2) is 4.98 Å². The lowest BCUT2D eigenvalue weighted by atomic mass is 10.0. The van der Waals surface area contributed by atoms with E-state index in [-0.39, 0.29) is 0 Å². The number of nitrogens with zero attached hydrogens (tertiary/aromatic N) is 3. The maximum Gasteiger partial charge on any atom is 0.209 e. The second-order valence-corrected chi connectivity index (χ2v) is 4.95. The highest BCUT2D eigenvalue weighted by atomic mass is 16.3. The Morgan fingerprint density at radius 3 is 2.63 bits per heavy atom. The first-order valence-corrected chi connectivity index (χ1v) is 6.74. The summed E-state index contributed by atoms with van der Waals surface area (Å²) >= 11 is 0. The first-order valence-electron chi connectivity index (χ1n) is 6.74. The van der Waals surface area contributed by atoms with Gasteiger partial charge in [-0.3, -0.25) is 4.79 Å². The third-order valence-electron chi connectivity index (χ3n) is 3.67. The Morgan fingerprint density at radius 1 is 1.42 bits per heavy atom. The maximum atomic E-state index is 10.7. The van der Waals surface area contributed by atoms with Crippen molar-refractivity contribution in [1.29, 1.82) is 0 Å². The van der Waals surface area contributed by atoms with E-state index in [9.17, 15) is 9.90 Å². The van der Waals surface area contributed by atoms with Crippen LogP contribution in [0, 0.1) is 6.92 Å². The predicted molar refractivity (Wildman–Crippen MR) is 74.1 cm³/mol. The van der Waals surface area contributed by atoms with Gasteiger partial charge in [-0.15, -0.1) is 0 Å². The summed E-state index contributed by atoms with van der Waals surface area (Å²) in [6.07, 6.45) is 2.93. The van der Waals surface area contributed by atoms with Crippen molar-refractivity contribution >= 4 is 12.2 Å². The Morgan fingerprint density at radius 2 is 2.11 bits per heavy atom. The van der Waals surface area contributed by atoms with Crippen molar-refractivity contribution in [1.82, 2.24) is 9.88 Å². The molecule has 1 atom stereocenters. The smallest absolute Gasteiger partial charge is 0.209 e. The summed E-state index contributed by atoms with van der Waals surface area (Å²) in [6, 6.07) is 2.02. The van der Waals surface area contributed by atoms with Gasteiger partial charge in [0.25, 0.3) is 0 Å². The lowest BCUT2D eigenvalue weighted by molar-refractivity contribution is -0.118. The molecule has 2 heterocycles. The Balaban J connectivity index is 2.10. The summed E-state index contributed by atoms with van der Waals surface area (Å²) < 4.78 is 0. The van der Waals surface area contributed by atoms with Crippen LogP contribution in [0.4, 0.5) is 5.82 Å². The van der Waals surface area contributed by atoms with Gasteiger partial charge in [-0.05, 0) is 25.0 Å². The van der Waals surface area contributed by atoms with E-state index >= 15 is 0 Å².